The minimum atomic E-state index is -5.05. The molecule has 10 nitrogen and oxygen atoms in total. The van der Waals surface area contributed by atoms with Gasteiger partial charge in [0.15, 0.2) is 6.29 Å². The van der Waals surface area contributed by atoms with E-state index in [2.05, 4.69) is 15.6 Å². The molecule has 1 unspecified atom stereocenters. The summed E-state index contributed by atoms with van der Waals surface area (Å²) in [5.41, 5.74) is -2.64. The Hall–Kier alpha value is -3.45. The molecule has 0 radical (unpaired) electrons. The molecule has 2 heterocycles. The van der Waals surface area contributed by atoms with Gasteiger partial charge in [-0.2, -0.15) is 13.2 Å². The van der Waals surface area contributed by atoms with Crippen LogP contribution >= 0.6 is 0 Å². The fourth-order valence-corrected chi connectivity index (χ4v) is 3.88. The highest BCUT2D eigenvalue weighted by molar-refractivity contribution is 6.01. The van der Waals surface area contributed by atoms with Crippen molar-refractivity contribution >= 4 is 23.0 Å². The third-order valence-electron chi connectivity index (χ3n) is 5.17. The molecule has 196 valence electrons. The van der Waals surface area contributed by atoms with Gasteiger partial charge in [0.25, 0.3) is 0 Å². The second-order valence-corrected chi connectivity index (χ2v) is 7.33. The van der Waals surface area contributed by atoms with Crippen LogP contribution in [0, 0.1) is 0 Å². The Bertz CT molecular complexity index is 1170. The molecule has 0 bridgehead atoms. The zero-order chi connectivity index (χ0) is 26.5. The van der Waals surface area contributed by atoms with E-state index >= 15 is 0 Å². The number of nitrogens with zero attached hydrogens (tertiary/aromatic N) is 2. The molecular formula is C23H26F3N3O7. The molecule has 36 heavy (non-hydrogen) atoms. The molecule has 0 amide bonds. The first-order valence-corrected chi connectivity index (χ1v) is 11.3. The molecule has 3 rings (SSSR count). The monoisotopic (exact) mass is 513 g/mol. The zero-order valence-corrected chi connectivity index (χ0v) is 20.1. The lowest BCUT2D eigenvalue weighted by atomic mass is 9.79. The zero-order valence-electron chi connectivity index (χ0n) is 20.1. The number of carbonyl (C=O) groups is 2. The van der Waals surface area contributed by atoms with Crippen molar-refractivity contribution in [1.29, 1.82) is 0 Å². The molecule has 2 aromatic rings. The number of ether oxygens (including phenoxy) is 4. The fourth-order valence-electron chi connectivity index (χ4n) is 3.88. The SMILES string of the molecule is CCOC(=O)C1=C(C(OCC)OCC)NC(C(F)(F)F)=C(C(=O)OCC)C1c1cccc2nonc12. The number of fused-ring (bicyclic) bond motifs is 1. The molecule has 1 aromatic heterocycles. The summed E-state index contributed by atoms with van der Waals surface area (Å²) in [4.78, 5) is 26.4. The number of carbonyl (C=O) groups excluding carboxylic acids is 2. The Morgan fingerprint density at radius 1 is 0.972 bits per heavy atom. The van der Waals surface area contributed by atoms with Gasteiger partial charge >= 0.3 is 18.1 Å². The van der Waals surface area contributed by atoms with Crippen molar-refractivity contribution in [2.45, 2.75) is 46.1 Å². The average Bonchev–Trinajstić information content (AvgIpc) is 3.31. The summed E-state index contributed by atoms with van der Waals surface area (Å²) in [5.74, 6) is -3.89. The van der Waals surface area contributed by atoms with Crippen molar-refractivity contribution in [2.75, 3.05) is 26.4 Å². The topological polar surface area (TPSA) is 122 Å². The molecule has 0 saturated carbocycles. The van der Waals surface area contributed by atoms with Crippen LogP contribution in [0.1, 0.15) is 39.2 Å². The van der Waals surface area contributed by atoms with Gasteiger partial charge in [-0.1, -0.05) is 12.1 Å². The van der Waals surface area contributed by atoms with Gasteiger partial charge in [0.2, 0.25) is 0 Å². The first-order chi connectivity index (χ1) is 17.2. The molecule has 0 spiro atoms. The Kier molecular flexibility index (Phi) is 8.69. The quantitative estimate of drug-likeness (QED) is 0.373. The average molecular weight is 513 g/mol. The van der Waals surface area contributed by atoms with E-state index in [4.69, 9.17) is 23.6 Å². The third kappa shape index (κ3) is 5.36. The van der Waals surface area contributed by atoms with Gasteiger partial charge in [-0.15, -0.1) is 0 Å². The van der Waals surface area contributed by atoms with E-state index in [0.717, 1.165) is 0 Å². The maximum atomic E-state index is 14.4. The number of hydrogen-bond acceptors (Lipinski definition) is 10. The summed E-state index contributed by atoms with van der Waals surface area (Å²) in [6, 6.07) is 4.43. The molecule has 13 heteroatoms. The van der Waals surface area contributed by atoms with Crippen LogP contribution in [-0.4, -0.2) is 61.1 Å². The number of aromatic nitrogens is 2. The largest absolute Gasteiger partial charge is 0.463 e. The minimum Gasteiger partial charge on any atom is -0.463 e. The number of alkyl halides is 3. The predicted molar refractivity (Wildman–Crippen MR) is 118 cm³/mol. The van der Waals surface area contributed by atoms with Gasteiger partial charge in [-0.25, -0.2) is 14.2 Å². The van der Waals surface area contributed by atoms with Crippen LogP contribution in [-0.2, 0) is 28.5 Å². The molecule has 0 aliphatic carbocycles. The van der Waals surface area contributed by atoms with Gasteiger partial charge in [0.1, 0.15) is 16.7 Å². The van der Waals surface area contributed by atoms with Crippen LogP contribution in [0.25, 0.3) is 11.0 Å². The maximum absolute atomic E-state index is 14.4. The summed E-state index contributed by atoms with van der Waals surface area (Å²) >= 11 is 0. The third-order valence-corrected chi connectivity index (χ3v) is 5.17. The van der Waals surface area contributed by atoms with Crippen LogP contribution < -0.4 is 5.32 Å². The van der Waals surface area contributed by atoms with Gasteiger partial charge in [-0.3, -0.25) is 0 Å². The maximum Gasteiger partial charge on any atom is 0.431 e. The van der Waals surface area contributed by atoms with Gasteiger partial charge in [0.05, 0.1) is 36.0 Å². The normalized spacial score (nSPS) is 16.5. The van der Waals surface area contributed by atoms with Gasteiger partial charge in [-0.05, 0) is 49.6 Å². The summed E-state index contributed by atoms with van der Waals surface area (Å²) in [6.07, 6.45) is -6.46. The number of esters is 2. The highest BCUT2D eigenvalue weighted by Gasteiger charge is 2.50. The van der Waals surface area contributed by atoms with E-state index in [-0.39, 0.29) is 54.3 Å². The Morgan fingerprint density at radius 2 is 1.58 bits per heavy atom. The molecule has 0 fully saturated rings. The van der Waals surface area contributed by atoms with Crippen molar-refractivity contribution in [1.82, 2.24) is 15.6 Å². The molecule has 1 aliphatic heterocycles. The van der Waals surface area contributed by atoms with Gasteiger partial charge in [0, 0.05) is 13.2 Å². The van der Waals surface area contributed by atoms with E-state index in [9.17, 15) is 22.8 Å². The number of halogens is 3. The highest BCUT2D eigenvalue weighted by Crippen LogP contribution is 2.45. The summed E-state index contributed by atoms with van der Waals surface area (Å²) < 4.78 is 69.3. The number of nitrogens with one attached hydrogen (secondary N) is 1. The molecule has 1 N–H and O–H groups in total. The first kappa shape index (κ1) is 27.1. The van der Waals surface area contributed by atoms with Crippen molar-refractivity contribution in [3.8, 4) is 0 Å². The van der Waals surface area contributed by atoms with E-state index in [1.165, 1.54) is 32.0 Å². The standard InChI is InChI=1S/C23H26F3N3O7/c1-5-32-20(30)15-14(12-10-9-11-13-17(12)29-36-28-13)16(21(31)33-6-2)19(23(24,25)26)27-18(15)22(34-7-3)35-8-4/h9-11,14,22,27H,5-8H2,1-4H3. The van der Waals surface area contributed by atoms with E-state index in [1.807, 2.05) is 0 Å². The van der Waals surface area contributed by atoms with E-state index < -0.39 is 41.6 Å². The number of allylic oxidation sites excluding steroid dienone is 1. The number of hydrogen-bond donors (Lipinski definition) is 1. The van der Waals surface area contributed by atoms with E-state index in [0.29, 0.717) is 0 Å². The summed E-state index contributed by atoms with van der Waals surface area (Å²) in [5, 5.41) is 9.74. The predicted octanol–water partition coefficient (Wildman–Crippen LogP) is 3.51. The van der Waals surface area contributed by atoms with Crippen LogP contribution in [0.3, 0.4) is 0 Å². The second kappa shape index (κ2) is 11.5. The lowest BCUT2D eigenvalue weighted by Gasteiger charge is -2.35. The minimum absolute atomic E-state index is 0.0485. The molecular weight excluding hydrogens is 487 g/mol. The fraction of sp³-hybridized carbons (Fsp3) is 0.478. The second-order valence-electron chi connectivity index (χ2n) is 7.33. The summed E-state index contributed by atoms with van der Waals surface area (Å²) in [6.45, 7) is 6.03. The lowest BCUT2D eigenvalue weighted by molar-refractivity contribution is -0.143. The molecule has 1 aromatic carbocycles. The number of rotatable bonds is 10. The molecule has 1 atom stereocenters. The van der Waals surface area contributed by atoms with Crippen molar-refractivity contribution in [2.24, 2.45) is 0 Å². The number of dihydropyridines is 1. The van der Waals surface area contributed by atoms with Crippen LogP contribution in [0.15, 0.2) is 45.4 Å². The van der Waals surface area contributed by atoms with Crippen LogP contribution in [0.5, 0.6) is 0 Å². The summed E-state index contributed by atoms with van der Waals surface area (Å²) in [7, 11) is 0. The van der Waals surface area contributed by atoms with Crippen molar-refractivity contribution in [3.05, 3.63) is 46.3 Å². The Labute approximate surface area is 204 Å². The van der Waals surface area contributed by atoms with Crippen LogP contribution in [0.2, 0.25) is 0 Å². The van der Waals surface area contributed by atoms with Crippen LogP contribution in [0.4, 0.5) is 13.2 Å². The van der Waals surface area contributed by atoms with Crippen molar-refractivity contribution in [3.63, 3.8) is 0 Å². The first-order valence-electron chi connectivity index (χ1n) is 11.3. The lowest BCUT2D eigenvalue weighted by Crippen LogP contribution is -2.43. The van der Waals surface area contributed by atoms with E-state index in [1.54, 1.807) is 13.8 Å². The molecule has 0 saturated heterocycles. The van der Waals surface area contributed by atoms with Crippen molar-refractivity contribution < 1.29 is 46.3 Å². The Balaban J connectivity index is 2.45. The Morgan fingerprint density at radius 3 is 2.14 bits per heavy atom. The number of benzene rings is 1. The van der Waals surface area contributed by atoms with Gasteiger partial charge < -0.3 is 24.3 Å². The molecule has 1 aliphatic rings. The highest BCUT2D eigenvalue weighted by atomic mass is 19.4. The smallest absolute Gasteiger partial charge is 0.431 e.